The number of benzene rings is 3. The first-order chi connectivity index (χ1) is 35.7. The molecule has 0 unspecified atom stereocenters. The van der Waals surface area contributed by atoms with E-state index in [4.69, 9.17) is 27.9 Å². The molecule has 3 aromatic carbocycles. The van der Waals surface area contributed by atoms with Crippen LogP contribution in [0, 0.1) is 18.2 Å². The molecule has 0 aliphatic carbocycles. The Balaban J connectivity index is 0.771. The average Bonchev–Trinajstić information content (AvgIpc) is 4.12. The SMILES string of the molecule is Cc1ncsc1-c1ccc(CNC(=O)[C@@H]2C[C@@H](O)CN2C(=O)[C@@H](NC(=O)CCCCC(=O)N2[C@H](C)CN(C(=O)c3ccc(NC(=O)c4cc5c(nn4)N[C@H](c4c(Cl)ccc(F)c4Cl)O5)cc3)C[C@@H]2C)C(C)(C)C)cc1. The quantitative estimate of drug-likeness (QED) is 0.0506. The fraction of sp³-hybridized carbons (Fsp3) is 0.415. The van der Waals surface area contributed by atoms with Crippen LogP contribution in [0.2, 0.25) is 10.0 Å². The first kappa shape index (κ1) is 54.5. The Morgan fingerprint density at radius 3 is 2.29 bits per heavy atom. The first-order valence-corrected chi connectivity index (χ1v) is 26.3. The van der Waals surface area contributed by atoms with Crippen LogP contribution in [0.15, 0.2) is 72.2 Å². The van der Waals surface area contributed by atoms with Crippen molar-refractivity contribution in [1.29, 1.82) is 0 Å². The van der Waals surface area contributed by atoms with Gasteiger partial charge in [-0.3, -0.25) is 28.8 Å². The van der Waals surface area contributed by atoms with Gasteiger partial charge in [0.25, 0.3) is 11.8 Å². The molecule has 396 valence electrons. The minimum atomic E-state index is -0.979. The second-order valence-corrected chi connectivity index (χ2v) is 21.9. The van der Waals surface area contributed by atoms with Gasteiger partial charge < -0.3 is 45.8 Å². The monoisotopic (exact) mass is 1080 g/mol. The number of anilines is 2. The molecule has 2 saturated heterocycles. The number of likely N-dealkylation sites (tertiary alicyclic amines) is 1. The molecule has 5 aromatic rings. The van der Waals surface area contributed by atoms with Gasteiger partial charge in [0.15, 0.2) is 17.3 Å². The maximum Gasteiger partial charge on any atom is 0.276 e. The number of unbranched alkanes of at least 4 members (excludes halogenated alkanes) is 1. The van der Waals surface area contributed by atoms with Gasteiger partial charge in [-0.15, -0.1) is 21.5 Å². The lowest BCUT2D eigenvalue weighted by Gasteiger charge is -2.44. The van der Waals surface area contributed by atoms with Gasteiger partial charge in [0, 0.05) is 74.8 Å². The van der Waals surface area contributed by atoms with Gasteiger partial charge >= 0.3 is 0 Å². The predicted octanol–water partition coefficient (Wildman–Crippen LogP) is 7.54. The van der Waals surface area contributed by atoms with Crippen molar-refractivity contribution in [2.45, 2.75) is 117 Å². The van der Waals surface area contributed by atoms with Crippen LogP contribution in [0.1, 0.15) is 111 Å². The van der Waals surface area contributed by atoms with Crippen LogP contribution < -0.4 is 26.0 Å². The molecule has 0 saturated carbocycles. The highest BCUT2D eigenvalue weighted by Gasteiger charge is 2.45. The number of β-amino-alcohol motifs (C(OH)–C–C–N with tert-alkyl or cyclic N) is 1. The van der Waals surface area contributed by atoms with E-state index in [0.29, 0.717) is 37.2 Å². The summed E-state index contributed by atoms with van der Waals surface area (Å²) in [6.07, 6.45) is -0.741. The molecule has 22 heteroatoms. The number of nitrogens with one attached hydrogen (secondary N) is 4. The Morgan fingerprint density at radius 1 is 0.933 bits per heavy atom. The normalized spacial score (nSPS) is 19.7. The van der Waals surface area contributed by atoms with Gasteiger partial charge in [0.05, 0.1) is 37.8 Å². The minimum absolute atomic E-state index is 0.0415. The second kappa shape index (κ2) is 23.0. The molecule has 5 N–H and O–H groups in total. The summed E-state index contributed by atoms with van der Waals surface area (Å²) in [5.74, 6) is -2.43. The van der Waals surface area contributed by atoms with Crippen molar-refractivity contribution in [3.05, 3.63) is 116 Å². The van der Waals surface area contributed by atoms with Crippen LogP contribution in [0.4, 0.5) is 15.9 Å². The number of carbonyl (C=O) groups excluding carboxylic acids is 6. The van der Waals surface area contributed by atoms with Gasteiger partial charge in [-0.1, -0.05) is 68.2 Å². The van der Waals surface area contributed by atoms with Crippen LogP contribution in [-0.2, 0) is 25.7 Å². The first-order valence-electron chi connectivity index (χ1n) is 24.7. The number of aliphatic hydroxyl groups excluding tert-OH is 1. The zero-order valence-corrected chi connectivity index (χ0v) is 44.6. The molecule has 3 aliphatic heterocycles. The lowest BCUT2D eigenvalue weighted by atomic mass is 9.85. The number of halogens is 3. The van der Waals surface area contributed by atoms with Gasteiger partial charge in [-0.25, -0.2) is 9.37 Å². The highest BCUT2D eigenvalue weighted by Crippen LogP contribution is 2.42. The van der Waals surface area contributed by atoms with E-state index in [0.717, 1.165) is 27.8 Å². The lowest BCUT2D eigenvalue weighted by Crippen LogP contribution is -2.59. The van der Waals surface area contributed by atoms with Crippen LogP contribution in [0.5, 0.6) is 5.75 Å². The zero-order valence-electron chi connectivity index (χ0n) is 42.3. The summed E-state index contributed by atoms with van der Waals surface area (Å²) in [4.78, 5) is 91.7. The molecule has 0 spiro atoms. The van der Waals surface area contributed by atoms with Crippen molar-refractivity contribution in [3.8, 4) is 16.2 Å². The molecule has 8 rings (SSSR count). The maximum absolute atomic E-state index is 14.2. The predicted molar refractivity (Wildman–Crippen MR) is 282 cm³/mol. The molecule has 2 aromatic heterocycles. The number of thiazole rings is 1. The van der Waals surface area contributed by atoms with Crippen LogP contribution >= 0.6 is 34.5 Å². The number of aliphatic hydroxyl groups is 1. The third-order valence-corrected chi connectivity index (χ3v) is 15.2. The Bertz CT molecular complexity index is 2960. The third-order valence-electron chi connectivity index (χ3n) is 13.5. The standard InChI is InChI=1S/C53H59Cl2FN10O8S/c1-28-24-64(51(72)33-15-17-34(18-16-33)59-48(70)38-22-40-47(63-62-38)61-50(74-40)43-36(54)19-20-37(56)44(43)55)25-29(2)66(28)42(69)10-8-7-9-41(68)60-46(53(4,5)6)52(73)65-26-35(67)21-39(65)49(71)57-23-31-11-13-32(14-12-31)45-30(3)58-27-75-45/h11-20,22,27-29,35,39,46,50,67H,7-10,21,23-26H2,1-6H3,(H,57,71)(H,59,70)(H,60,68)(H,61,63)/t28-,29+,35-,39+,46-,50+/m1/s1. The number of piperazine rings is 1. The van der Waals surface area contributed by atoms with E-state index in [-0.39, 0.29) is 95.0 Å². The Morgan fingerprint density at radius 2 is 1.63 bits per heavy atom. The molecular formula is C53H59Cl2FN10O8S. The van der Waals surface area contributed by atoms with Crippen molar-refractivity contribution >= 4 is 81.5 Å². The van der Waals surface area contributed by atoms with E-state index < -0.39 is 53.4 Å². The molecule has 6 amide bonds. The van der Waals surface area contributed by atoms with Crippen molar-refractivity contribution in [3.63, 3.8) is 0 Å². The molecule has 75 heavy (non-hydrogen) atoms. The summed E-state index contributed by atoms with van der Waals surface area (Å²) in [5.41, 5.74) is 4.81. The molecule has 6 atom stereocenters. The average molecular weight is 1090 g/mol. The van der Waals surface area contributed by atoms with Crippen LogP contribution in [0.3, 0.4) is 0 Å². The molecule has 3 aliphatic rings. The number of aromatic nitrogens is 3. The highest BCUT2D eigenvalue weighted by molar-refractivity contribution is 7.13. The number of rotatable bonds is 15. The van der Waals surface area contributed by atoms with Gasteiger partial charge in [-0.2, -0.15) is 0 Å². The fourth-order valence-corrected chi connectivity index (χ4v) is 11.0. The summed E-state index contributed by atoms with van der Waals surface area (Å²) >= 11 is 14.0. The maximum atomic E-state index is 14.2. The van der Waals surface area contributed by atoms with E-state index >= 15 is 0 Å². The van der Waals surface area contributed by atoms with Gasteiger partial charge in [0.1, 0.15) is 17.9 Å². The number of aryl methyl sites for hydroxylation is 1. The molecule has 2 fully saturated rings. The molecule has 0 radical (unpaired) electrons. The van der Waals surface area contributed by atoms with E-state index in [1.165, 1.54) is 17.0 Å². The van der Waals surface area contributed by atoms with Crippen molar-refractivity contribution < 1.29 is 43.0 Å². The number of hydrogen-bond donors (Lipinski definition) is 5. The molecule has 18 nitrogen and oxygen atoms in total. The second-order valence-electron chi connectivity index (χ2n) is 20.2. The number of hydrogen-bond acceptors (Lipinski definition) is 13. The number of ether oxygens (including phenoxy) is 1. The lowest BCUT2D eigenvalue weighted by molar-refractivity contribution is -0.144. The Kier molecular flexibility index (Phi) is 16.7. The van der Waals surface area contributed by atoms with E-state index in [1.807, 2.05) is 65.8 Å². The summed E-state index contributed by atoms with van der Waals surface area (Å²) < 4.78 is 20.0. The Hall–Kier alpha value is -6.74. The number of nitrogens with zero attached hydrogens (tertiary/aromatic N) is 6. The zero-order chi connectivity index (χ0) is 53.9. The van der Waals surface area contributed by atoms with Crippen molar-refractivity contribution in [2.75, 3.05) is 30.3 Å². The van der Waals surface area contributed by atoms with Gasteiger partial charge in [-0.05, 0) is 86.6 Å². The topological polar surface area (TPSA) is 228 Å². The summed E-state index contributed by atoms with van der Waals surface area (Å²) in [6, 6.07) is 15.6. The van der Waals surface area contributed by atoms with E-state index in [2.05, 4.69) is 36.4 Å². The smallest absolute Gasteiger partial charge is 0.276 e. The highest BCUT2D eigenvalue weighted by atomic mass is 35.5. The number of carbonyl (C=O) groups is 6. The van der Waals surface area contributed by atoms with Gasteiger partial charge in [0.2, 0.25) is 29.9 Å². The minimum Gasteiger partial charge on any atom is -0.462 e. The third kappa shape index (κ3) is 12.5. The van der Waals surface area contributed by atoms with Crippen molar-refractivity contribution in [2.24, 2.45) is 5.41 Å². The number of fused-ring (bicyclic) bond motifs is 1. The summed E-state index contributed by atoms with van der Waals surface area (Å²) in [6.45, 7) is 12.0. The Labute approximate surface area is 447 Å². The fourth-order valence-electron chi connectivity index (χ4n) is 9.63. The van der Waals surface area contributed by atoms with Crippen LogP contribution in [0.25, 0.3) is 10.4 Å². The molecule has 5 heterocycles. The summed E-state index contributed by atoms with van der Waals surface area (Å²) in [5, 5.41) is 30.1. The van der Waals surface area contributed by atoms with E-state index in [1.54, 1.807) is 50.9 Å². The van der Waals surface area contributed by atoms with Crippen LogP contribution in [-0.4, -0.2) is 120 Å². The summed E-state index contributed by atoms with van der Waals surface area (Å²) in [7, 11) is 0. The largest absolute Gasteiger partial charge is 0.462 e. The van der Waals surface area contributed by atoms with Crippen molar-refractivity contribution in [1.82, 2.24) is 40.5 Å². The molecular weight excluding hydrogens is 1030 g/mol. The van der Waals surface area contributed by atoms with E-state index in [9.17, 15) is 38.3 Å². The molecule has 0 bridgehead atoms. The number of amides is 6.